The molecule has 0 unspecified atom stereocenters. The molecule has 0 radical (unpaired) electrons. The van der Waals surface area contributed by atoms with Crippen LogP contribution in [0.25, 0.3) is 11.5 Å². The van der Waals surface area contributed by atoms with Crippen molar-refractivity contribution in [2.24, 2.45) is 0 Å². The summed E-state index contributed by atoms with van der Waals surface area (Å²) in [5.74, 6) is 1.68. The molecular weight excluding hydrogens is 250 g/mol. The molecule has 0 aliphatic rings. The Bertz CT molecular complexity index is 607. The van der Waals surface area contributed by atoms with Crippen LogP contribution in [0, 0.1) is 0 Å². The molecule has 6 nitrogen and oxygen atoms in total. The van der Waals surface area contributed by atoms with E-state index in [9.17, 15) is 0 Å². The van der Waals surface area contributed by atoms with E-state index >= 15 is 0 Å². The Morgan fingerprint density at radius 2 is 2.06 bits per heavy atom. The van der Waals surface area contributed by atoms with Crippen molar-refractivity contribution < 1.29 is 4.42 Å². The van der Waals surface area contributed by atoms with Crippen LogP contribution in [0.5, 0.6) is 0 Å². The average molecular weight is 259 g/mol. The number of thioether (sulfide) groups is 1. The monoisotopic (exact) mass is 259 g/mol. The quantitative estimate of drug-likeness (QED) is 0.723. The van der Waals surface area contributed by atoms with E-state index in [2.05, 4.69) is 25.6 Å². The third-order valence-electron chi connectivity index (χ3n) is 2.22. The van der Waals surface area contributed by atoms with Gasteiger partial charge in [-0.1, -0.05) is 30.0 Å². The van der Waals surface area contributed by atoms with Crippen molar-refractivity contribution in [2.75, 3.05) is 0 Å². The van der Waals surface area contributed by atoms with Crippen LogP contribution in [-0.4, -0.2) is 25.6 Å². The van der Waals surface area contributed by atoms with Crippen LogP contribution in [0.3, 0.4) is 0 Å². The third-order valence-corrected chi connectivity index (χ3v) is 3.11. The molecule has 3 aromatic rings. The van der Waals surface area contributed by atoms with Crippen LogP contribution >= 0.6 is 11.8 Å². The molecule has 0 spiro atoms. The number of aromatic amines is 1. The summed E-state index contributed by atoms with van der Waals surface area (Å²) in [6, 6.07) is 9.68. The zero-order valence-electron chi connectivity index (χ0n) is 9.28. The summed E-state index contributed by atoms with van der Waals surface area (Å²) in [6.45, 7) is 0. The number of hydrogen-bond donors (Lipinski definition) is 1. The first-order chi connectivity index (χ1) is 8.92. The topological polar surface area (TPSA) is 80.5 Å². The minimum Gasteiger partial charge on any atom is -0.420 e. The van der Waals surface area contributed by atoms with Crippen molar-refractivity contribution >= 4 is 11.8 Å². The first-order valence-corrected chi connectivity index (χ1v) is 6.27. The fraction of sp³-hybridized carbons (Fsp3) is 0.0909. The van der Waals surface area contributed by atoms with E-state index in [0.29, 0.717) is 17.5 Å². The van der Waals surface area contributed by atoms with Gasteiger partial charge in [0.05, 0.1) is 11.9 Å². The van der Waals surface area contributed by atoms with Crippen molar-refractivity contribution in [2.45, 2.75) is 10.8 Å². The van der Waals surface area contributed by atoms with Gasteiger partial charge in [-0.15, -0.1) is 15.3 Å². The van der Waals surface area contributed by atoms with Crippen LogP contribution in [-0.2, 0) is 5.75 Å². The minimum absolute atomic E-state index is 0.534. The van der Waals surface area contributed by atoms with Gasteiger partial charge < -0.3 is 4.42 Å². The van der Waals surface area contributed by atoms with Crippen molar-refractivity contribution in [1.29, 1.82) is 0 Å². The van der Waals surface area contributed by atoms with Crippen molar-refractivity contribution in [1.82, 2.24) is 25.6 Å². The number of hydrogen-bond acceptors (Lipinski definition) is 6. The van der Waals surface area contributed by atoms with Gasteiger partial charge in [0.1, 0.15) is 5.03 Å². The predicted molar refractivity (Wildman–Crippen MR) is 65.7 cm³/mol. The van der Waals surface area contributed by atoms with Crippen LogP contribution in [0.4, 0.5) is 0 Å². The lowest BCUT2D eigenvalue weighted by Crippen LogP contribution is -1.80. The second-order valence-corrected chi connectivity index (χ2v) is 4.46. The predicted octanol–water partition coefficient (Wildman–Crippen LogP) is 2.15. The van der Waals surface area contributed by atoms with E-state index in [1.54, 1.807) is 6.20 Å². The Morgan fingerprint density at radius 3 is 2.83 bits per heavy atom. The molecule has 90 valence electrons. The molecule has 0 saturated heterocycles. The molecule has 0 bridgehead atoms. The zero-order chi connectivity index (χ0) is 12.2. The summed E-state index contributed by atoms with van der Waals surface area (Å²) in [6.07, 6.45) is 1.65. The summed E-state index contributed by atoms with van der Waals surface area (Å²) in [5, 5.41) is 19.0. The summed E-state index contributed by atoms with van der Waals surface area (Å²) in [5.41, 5.74) is 0.919. The van der Waals surface area contributed by atoms with E-state index in [0.717, 1.165) is 10.6 Å². The lowest BCUT2D eigenvalue weighted by Gasteiger charge is -1.92. The smallest absolute Gasteiger partial charge is 0.247 e. The molecule has 0 amide bonds. The Balaban J connectivity index is 1.70. The molecular formula is C11H9N5OS. The van der Waals surface area contributed by atoms with Crippen molar-refractivity contribution in [3.05, 3.63) is 42.4 Å². The van der Waals surface area contributed by atoms with Gasteiger partial charge >= 0.3 is 0 Å². The number of nitrogens with zero attached hydrogens (tertiary/aromatic N) is 4. The Hall–Kier alpha value is -2.15. The summed E-state index contributed by atoms with van der Waals surface area (Å²) in [4.78, 5) is 0. The number of benzene rings is 1. The number of aromatic nitrogens is 5. The zero-order valence-corrected chi connectivity index (χ0v) is 10.1. The van der Waals surface area contributed by atoms with E-state index < -0.39 is 0 Å². The van der Waals surface area contributed by atoms with Crippen molar-refractivity contribution in [3.8, 4) is 11.5 Å². The standard InChI is InChI=1S/C11H9N5OS/c1-2-4-8(5-3-1)11-15-13-9(17-11)7-18-10-6-12-16-14-10/h1-6H,7H2,(H,12,14,16). The van der Waals surface area contributed by atoms with Crippen LogP contribution in [0.1, 0.15) is 5.89 Å². The van der Waals surface area contributed by atoms with Gasteiger partial charge in [0.2, 0.25) is 11.8 Å². The number of H-pyrrole nitrogens is 1. The summed E-state index contributed by atoms with van der Waals surface area (Å²) in [7, 11) is 0. The van der Waals surface area contributed by atoms with Gasteiger partial charge in [-0.05, 0) is 12.1 Å². The molecule has 2 heterocycles. The summed E-state index contributed by atoms with van der Waals surface area (Å²) < 4.78 is 5.57. The normalized spacial score (nSPS) is 10.7. The number of rotatable bonds is 4. The second kappa shape index (κ2) is 5.01. The molecule has 2 aromatic heterocycles. The van der Waals surface area contributed by atoms with Gasteiger partial charge in [-0.3, -0.25) is 0 Å². The van der Waals surface area contributed by atoms with Gasteiger partial charge in [0.25, 0.3) is 0 Å². The lowest BCUT2D eigenvalue weighted by atomic mass is 10.2. The van der Waals surface area contributed by atoms with Crippen LogP contribution in [0.2, 0.25) is 0 Å². The van der Waals surface area contributed by atoms with Crippen LogP contribution in [0.15, 0.2) is 46.0 Å². The lowest BCUT2D eigenvalue weighted by molar-refractivity contribution is 0.528. The molecule has 0 saturated carbocycles. The highest BCUT2D eigenvalue weighted by molar-refractivity contribution is 7.98. The highest BCUT2D eigenvalue weighted by Gasteiger charge is 2.08. The van der Waals surface area contributed by atoms with Gasteiger partial charge in [0.15, 0.2) is 0 Å². The summed E-state index contributed by atoms with van der Waals surface area (Å²) >= 11 is 1.49. The van der Waals surface area contributed by atoms with Crippen LogP contribution < -0.4 is 0 Å². The molecule has 18 heavy (non-hydrogen) atoms. The first-order valence-electron chi connectivity index (χ1n) is 5.28. The third kappa shape index (κ3) is 2.40. The maximum atomic E-state index is 5.57. The van der Waals surface area contributed by atoms with E-state index in [1.807, 2.05) is 30.3 Å². The molecule has 3 rings (SSSR count). The molecule has 0 fully saturated rings. The Labute approximate surface area is 107 Å². The van der Waals surface area contributed by atoms with E-state index in [1.165, 1.54) is 11.8 Å². The maximum Gasteiger partial charge on any atom is 0.247 e. The average Bonchev–Trinajstić information content (AvgIpc) is 3.09. The van der Waals surface area contributed by atoms with E-state index in [-0.39, 0.29) is 0 Å². The molecule has 1 aromatic carbocycles. The van der Waals surface area contributed by atoms with Gasteiger partial charge in [0, 0.05) is 5.56 Å². The SMILES string of the molecule is c1ccc(-c2nnc(CSc3cn[nH]n3)o2)cc1. The van der Waals surface area contributed by atoms with Gasteiger partial charge in [-0.2, -0.15) is 10.3 Å². The molecule has 0 atom stereocenters. The second-order valence-electron chi connectivity index (χ2n) is 3.46. The highest BCUT2D eigenvalue weighted by atomic mass is 32.2. The fourth-order valence-corrected chi connectivity index (χ4v) is 2.03. The van der Waals surface area contributed by atoms with E-state index in [4.69, 9.17) is 4.42 Å². The number of nitrogens with one attached hydrogen (secondary N) is 1. The Kier molecular flexibility index (Phi) is 3.05. The Morgan fingerprint density at radius 1 is 1.17 bits per heavy atom. The highest BCUT2D eigenvalue weighted by Crippen LogP contribution is 2.22. The fourth-order valence-electron chi connectivity index (χ4n) is 1.41. The molecule has 0 aliphatic carbocycles. The minimum atomic E-state index is 0.534. The maximum absolute atomic E-state index is 5.57. The molecule has 7 heteroatoms. The first kappa shape index (κ1) is 11.0. The van der Waals surface area contributed by atoms with Crippen molar-refractivity contribution in [3.63, 3.8) is 0 Å². The molecule has 0 aliphatic heterocycles. The molecule has 1 N–H and O–H groups in total. The largest absolute Gasteiger partial charge is 0.420 e. The van der Waals surface area contributed by atoms with Gasteiger partial charge in [-0.25, -0.2) is 0 Å².